The molecule has 2 atom stereocenters. The fraction of sp³-hybridized carbons (Fsp3) is 0.640. The molecule has 5 rings (SSSR count). The van der Waals surface area contributed by atoms with Gasteiger partial charge < -0.3 is 24.4 Å². The topological polar surface area (TPSA) is 97.4 Å². The molecule has 9 nitrogen and oxygen atoms in total. The first-order valence-corrected chi connectivity index (χ1v) is 12.3. The lowest BCUT2D eigenvalue weighted by Gasteiger charge is -2.44. The zero-order chi connectivity index (χ0) is 23.7. The van der Waals surface area contributed by atoms with Crippen LogP contribution in [0.5, 0.6) is 5.75 Å². The lowest BCUT2D eigenvalue weighted by atomic mass is 9.96. The smallest absolute Gasteiger partial charge is 0.257 e. The monoisotopic (exact) mass is 471 g/mol. The number of methoxy groups -OCH3 is 1. The van der Waals surface area contributed by atoms with E-state index in [2.05, 4.69) is 5.32 Å². The van der Waals surface area contributed by atoms with Crippen molar-refractivity contribution in [2.45, 2.75) is 56.4 Å². The summed E-state index contributed by atoms with van der Waals surface area (Å²) in [5.41, 5.74) is -0.468. The lowest BCUT2D eigenvalue weighted by molar-refractivity contribution is -0.144. The van der Waals surface area contributed by atoms with Gasteiger partial charge in [-0.2, -0.15) is 0 Å². The van der Waals surface area contributed by atoms with E-state index in [9.17, 15) is 14.4 Å². The largest absolute Gasteiger partial charge is 0.497 e. The van der Waals surface area contributed by atoms with Gasteiger partial charge in [-0.3, -0.25) is 19.3 Å². The van der Waals surface area contributed by atoms with Gasteiger partial charge in [-0.25, -0.2) is 0 Å². The molecule has 1 N–H and O–H groups in total. The molecule has 1 aromatic carbocycles. The summed E-state index contributed by atoms with van der Waals surface area (Å²) in [7, 11) is 1.55. The molecule has 34 heavy (non-hydrogen) atoms. The molecule has 3 amide bonds. The van der Waals surface area contributed by atoms with E-state index < -0.39 is 11.8 Å². The standard InChI is InChI=1S/C25H33N3O6/c1-32-19-5-2-4-18(14-19)24(31)28-21(22(29)26-15-20-6-3-13-33-20)16-34-25(28)9-11-27(12-10-25)23(30)17-7-8-17/h2,4-5,14,17,20-21H,3,6-13,15-16H2,1H3,(H,26,29)/t20-,21-/m0/s1. The van der Waals surface area contributed by atoms with Crippen LogP contribution in [0, 0.1) is 5.92 Å². The maximum Gasteiger partial charge on any atom is 0.257 e. The highest BCUT2D eigenvalue weighted by atomic mass is 16.5. The molecule has 4 fully saturated rings. The Balaban J connectivity index is 1.36. The summed E-state index contributed by atoms with van der Waals surface area (Å²) in [5, 5.41) is 2.97. The minimum atomic E-state index is -0.910. The fourth-order valence-corrected chi connectivity index (χ4v) is 5.26. The molecule has 4 aliphatic rings. The van der Waals surface area contributed by atoms with Gasteiger partial charge >= 0.3 is 0 Å². The van der Waals surface area contributed by atoms with Crippen LogP contribution in [0.1, 0.15) is 48.9 Å². The van der Waals surface area contributed by atoms with E-state index in [1.54, 1.807) is 36.3 Å². The number of rotatable bonds is 6. The van der Waals surface area contributed by atoms with Gasteiger partial charge in [0.2, 0.25) is 11.8 Å². The SMILES string of the molecule is COc1cccc(C(=O)N2[C@H](C(=O)NC[C@@H]3CCCO3)COC23CCN(C(=O)C2CC2)CC3)c1. The number of nitrogens with zero attached hydrogens (tertiary/aromatic N) is 2. The number of benzene rings is 1. The van der Waals surface area contributed by atoms with Gasteiger partial charge in [0.25, 0.3) is 5.91 Å². The van der Waals surface area contributed by atoms with Gasteiger partial charge in [-0.05, 0) is 43.9 Å². The molecule has 0 unspecified atom stereocenters. The van der Waals surface area contributed by atoms with Crippen LogP contribution in [0.4, 0.5) is 0 Å². The summed E-state index contributed by atoms with van der Waals surface area (Å²) < 4.78 is 17.2. The Kier molecular flexibility index (Phi) is 6.48. The van der Waals surface area contributed by atoms with E-state index >= 15 is 0 Å². The normalized spacial score (nSPS) is 26.0. The number of likely N-dealkylation sites (tertiary alicyclic amines) is 1. The summed E-state index contributed by atoms with van der Waals surface area (Å²) in [4.78, 5) is 43.1. The second-order valence-electron chi connectivity index (χ2n) is 9.66. The third-order valence-electron chi connectivity index (χ3n) is 7.41. The van der Waals surface area contributed by atoms with Crippen LogP contribution in [-0.2, 0) is 19.1 Å². The van der Waals surface area contributed by atoms with Gasteiger partial charge in [0.15, 0.2) is 0 Å². The summed E-state index contributed by atoms with van der Waals surface area (Å²) in [5.74, 6) is 0.425. The average molecular weight is 472 g/mol. The molecule has 3 aliphatic heterocycles. The second-order valence-corrected chi connectivity index (χ2v) is 9.66. The third kappa shape index (κ3) is 4.51. The molecule has 184 valence electrons. The van der Waals surface area contributed by atoms with Gasteiger partial charge in [0.05, 0.1) is 19.8 Å². The predicted octanol–water partition coefficient (Wildman–Crippen LogP) is 1.56. The van der Waals surface area contributed by atoms with Gasteiger partial charge in [0, 0.05) is 50.6 Å². The quantitative estimate of drug-likeness (QED) is 0.676. The van der Waals surface area contributed by atoms with Gasteiger partial charge in [-0.1, -0.05) is 6.07 Å². The van der Waals surface area contributed by atoms with Crippen molar-refractivity contribution >= 4 is 17.7 Å². The first-order valence-electron chi connectivity index (χ1n) is 12.3. The number of ether oxygens (including phenoxy) is 3. The molecular formula is C25H33N3O6. The van der Waals surface area contributed by atoms with E-state index in [1.807, 2.05) is 4.90 Å². The zero-order valence-corrected chi connectivity index (χ0v) is 19.7. The number of amides is 3. The highest BCUT2D eigenvalue weighted by molar-refractivity contribution is 5.98. The fourth-order valence-electron chi connectivity index (χ4n) is 5.26. The van der Waals surface area contributed by atoms with Gasteiger partial charge in [-0.15, -0.1) is 0 Å². The molecule has 0 bridgehead atoms. The summed E-state index contributed by atoms with van der Waals surface area (Å²) in [6.07, 6.45) is 4.82. The molecular weight excluding hydrogens is 438 g/mol. The van der Waals surface area contributed by atoms with E-state index in [0.29, 0.717) is 50.4 Å². The van der Waals surface area contributed by atoms with Crippen molar-refractivity contribution in [1.29, 1.82) is 0 Å². The highest BCUT2D eigenvalue weighted by Crippen LogP contribution is 2.40. The Morgan fingerprint density at radius 3 is 2.65 bits per heavy atom. The van der Waals surface area contributed by atoms with Crippen molar-refractivity contribution < 1.29 is 28.6 Å². The van der Waals surface area contributed by atoms with Crippen molar-refractivity contribution in [3.8, 4) is 5.75 Å². The molecule has 3 saturated heterocycles. The Bertz CT molecular complexity index is 934. The van der Waals surface area contributed by atoms with E-state index in [4.69, 9.17) is 14.2 Å². The Hall–Kier alpha value is -2.65. The maximum atomic E-state index is 13.8. The molecule has 1 spiro atoms. The van der Waals surface area contributed by atoms with Crippen LogP contribution in [0.25, 0.3) is 0 Å². The number of hydrogen-bond acceptors (Lipinski definition) is 6. The molecule has 0 radical (unpaired) electrons. The summed E-state index contributed by atoms with van der Waals surface area (Å²) in [6.45, 7) is 2.30. The maximum absolute atomic E-state index is 13.8. The minimum Gasteiger partial charge on any atom is -0.497 e. The summed E-state index contributed by atoms with van der Waals surface area (Å²) >= 11 is 0. The first kappa shape index (κ1) is 23.1. The van der Waals surface area contributed by atoms with Crippen LogP contribution in [0.2, 0.25) is 0 Å². The number of piperidine rings is 1. The minimum absolute atomic E-state index is 0.0134. The van der Waals surface area contributed by atoms with Crippen LogP contribution < -0.4 is 10.1 Å². The first-order chi connectivity index (χ1) is 16.5. The van der Waals surface area contributed by atoms with Crippen LogP contribution in [0.15, 0.2) is 24.3 Å². The number of carbonyl (C=O) groups is 3. The van der Waals surface area contributed by atoms with E-state index in [-0.39, 0.29) is 36.4 Å². The van der Waals surface area contributed by atoms with Crippen LogP contribution in [-0.4, -0.2) is 85.3 Å². The molecule has 0 aromatic heterocycles. The van der Waals surface area contributed by atoms with Crippen molar-refractivity contribution in [2.24, 2.45) is 5.92 Å². The zero-order valence-electron chi connectivity index (χ0n) is 19.7. The van der Waals surface area contributed by atoms with Crippen molar-refractivity contribution in [3.05, 3.63) is 29.8 Å². The number of nitrogens with one attached hydrogen (secondary N) is 1. The van der Waals surface area contributed by atoms with Gasteiger partial charge in [0.1, 0.15) is 17.5 Å². The molecule has 1 saturated carbocycles. The highest BCUT2D eigenvalue weighted by Gasteiger charge is 2.54. The Morgan fingerprint density at radius 2 is 1.97 bits per heavy atom. The molecule has 3 heterocycles. The number of carbonyl (C=O) groups excluding carboxylic acids is 3. The van der Waals surface area contributed by atoms with Crippen LogP contribution in [0.3, 0.4) is 0 Å². The van der Waals surface area contributed by atoms with Crippen molar-refractivity contribution in [3.63, 3.8) is 0 Å². The molecule has 9 heteroatoms. The number of hydrogen-bond donors (Lipinski definition) is 1. The third-order valence-corrected chi connectivity index (χ3v) is 7.41. The molecule has 1 aromatic rings. The predicted molar refractivity (Wildman–Crippen MR) is 122 cm³/mol. The van der Waals surface area contributed by atoms with Crippen LogP contribution >= 0.6 is 0 Å². The average Bonchev–Trinajstić information content (AvgIpc) is 3.47. The second kappa shape index (κ2) is 9.54. The van der Waals surface area contributed by atoms with E-state index in [1.165, 1.54) is 0 Å². The lowest BCUT2D eigenvalue weighted by Crippen LogP contribution is -2.60. The van der Waals surface area contributed by atoms with E-state index in [0.717, 1.165) is 25.7 Å². The molecule has 1 aliphatic carbocycles. The van der Waals surface area contributed by atoms with Crippen molar-refractivity contribution in [2.75, 3.05) is 40.0 Å². The Morgan fingerprint density at radius 1 is 1.18 bits per heavy atom. The van der Waals surface area contributed by atoms with Crippen molar-refractivity contribution in [1.82, 2.24) is 15.1 Å². The Labute approximate surface area is 199 Å². The summed E-state index contributed by atoms with van der Waals surface area (Å²) in [6, 6.07) is 6.21.